The Morgan fingerprint density at radius 1 is 0.403 bits per heavy atom. The molecule has 0 radical (unpaired) electrons. The summed E-state index contributed by atoms with van der Waals surface area (Å²) in [6.45, 7) is 0. The van der Waals surface area contributed by atoms with Crippen molar-refractivity contribution in [3.05, 3.63) is 218 Å². The molecule has 4 heterocycles. The highest BCUT2D eigenvalue weighted by molar-refractivity contribution is 6.16. The van der Waals surface area contributed by atoms with Crippen molar-refractivity contribution in [3.63, 3.8) is 0 Å². The molecule has 0 spiro atoms. The summed E-state index contributed by atoms with van der Waals surface area (Å²) in [7, 11) is 0. The molecule has 0 aliphatic carbocycles. The van der Waals surface area contributed by atoms with Crippen LogP contribution in [0, 0.1) is 0 Å². The highest BCUT2D eigenvalue weighted by atomic mass is 15.0. The Labute approximate surface area is 358 Å². The standard InChI is InChI=1S/C56H38N6/c1-4-15-38(16-5-1)54-58-55(39-17-6-2-7-18-39)60-56(59-54)41-33-34-57-48(35-41)40-29-32-46-45-21-10-12-24-49(45)62(52(46)36-40)43-30-27-37(28-31-43)44-23-14-26-51-53(44)47-22-11-13-25-50(47)61(51)42-19-8-3-9-20-42/h1-32,34-36,41H,33H2. The molecule has 0 saturated carbocycles. The fraction of sp³-hybridized carbons (Fsp3) is 0.0357. The number of hydrogen-bond acceptors (Lipinski definition) is 4. The third-order valence-corrected chi connectivity index (χ3v) is 12.1. The smallest absolute Gasteiger partial charge is 0.163 e. The lowest BCUT2D eigenvalue weighted by atomic mass is 9.97. The van der Waals surface area contributed by atoms with Crippen LogP contribution in [0.15, 0.2) is 211 Å². The minimum Gasteiger partial charge on any atom is -0.309 e. The Kier molecular flexibility index (Phi) is 8.52. The summed E-state index contributed by atoms with van der Waals surface area (Å²) in [6.07, 6.45) is 4.92. The van der Waals surface area contributed by atoms with Crippen LogP contribution < -0.4 is 0 Å². The molecule has 292 valence electrons. The molecule has 1 aliphatic rings. The van der Waals surface area contributed by atoms with E-state index >= 15 is 0 Å². The minimum atomic E-state index is -0.0734. The molecule has 0 fully saturated rings. The van der Waals surface area contributed by atoms with Crippen LogP contribution in [0.25, 0.3) is 94.6 Å². The zero-order chi connectivity index (χ0) is 41.0. The molecule has 0 bridgehead atoms. The van der Waals surface area contributed by atoms with Crippen molar-refractivity contribution in [3.8, 4) is 45.3 Å². The second kappa shape index (κ2) is 14.8. The van der Waals surface area contributed by atoms with Crippen LogP contribution in [0.1, 0.15) is 23.7 Å². The van der Waals surface area contributed by atoms with E-state index in [-0.39, 0.29) is 5.92 Å². The van der Waals surface area contributed by atoms with Crippen molar-refractivity contribution in [1.82, 2.24) is 24.1 Å². The summed E-state index contributed by atoms with van der Waals surface area (Å²) in [5.41, 5.74) is 13.2. The summed E-state index contributed by atoms with van der Waals surface area (Å²) in [5.74, 6) is 1.99. The van der Waals surface area contributed by atoms with Crippen molar-refractivity contribution >= 4 is 55.5 Å². The summed E-state index contributed by atoms with van der Waals surface area (Å²) >= 11 is 0. The second-order valence-corrected chi connectivity index (χ2v) is 15.8. The van der Waals surface area contributed by atoms with E-state index in [1.165, 1.54) is 43.7 Å². The number of hydrogen-bond donors (Lipinski definition) is 0. The molecule has 3 aromatic heterocycles. The Morgan fingerprint density at radius 3 is 1.66 bits per heavy atom. The minimum absolute atomic E-state index is 0.0734. The summed E-state index contributed by atoms with van der Waals surface area (Å²) < 4.78 is 4.76. The SMILES string of the molecule is C1=NC(c2ccc3c4ccccc4n(-c4ccc(-c5cccc6c5c5ccccc5n6-c5ccccc5)cc4)c3c2)=CC(c2nc(-c3ccccc3)nc(-c3ccccc3)n2)C1. The summed E-state index contributed by atoms with van der Waals surface area (Å²) in [5, 5.41) is 4.90. The van der Waals surface area contributed by atoms with Gasteiger partial charge >= 0.3 is 0 Å². The first-order chi connectivity index (χ1) is 30.7. The Balaban J connectivity index is 0.950. The van der Waals surface area contributed by atoms with Gasteiger partial charge in [0.1, 0.15) is 5.82 Å². The normalized spacial score (nSPS) is 13.9. The van der Waals surface area contributed by atoms with Crippen LogP contribution in [0.5, 0.6) is 0 Å². The maximum Gasteiger partial charge on any atom is 0.163 e. The molecule has 62 heavy (non-hydrogen) atoms. The molecule has 1 atom stereocenters. The predicted octanol–water partition coefficient (Wildman–Crippen LogP) is 13.7. The van der Waals surface area contributed by atoms with Gasteiger partial charge in [0.2, 0.25) is 0 Å². The summed E-state index contributed by atoms with van der Waals surface area (Å²) in [6, 6.07) is 70.7. The van der Waals surface area contributed by atoms with Gasteiger partial charge in [0.05, 0.1) is 27.8 Å². The van der Waals surface area contributed by atoms with Gasteiger partial charge in [-0.3, -0.25) is 4.99 Å². The average Bonchev–Trinajstić information content (AvgIpc) is 3.87. The lowest BCUT2D eigenvalue weighted by Crippen LogP contribution is -2.10. The largest absolute Gasteiger partial charge is 0.309 e. The molecule has 6 nitrogen and oxygen atoms in total. The van der Waals surface area contributed by atoms with E-state index in [2.05, 4.69) is 155 Å². The number of fused-ring (bicyclic) bond motifs is 6. The van der Waals surface area contributed by atoms with Crippen LogP contribution in [0.2, 0.25) is 0 Å². The first-order valence-electron chi connectivity index (χ1n) is 21.1. The highest BCUT2D eigenvalue weighted by Gasteiger charge is 2.22. The lowest BCUT2D eigenvalue weighted by Gasteiger charge is -2.17. The molecule has 11 aromatic rings. The molecule has 0 saturated heterocycles. The van der Waals surface area contributed by atoms with E-state index in [0.29, 0.717) is 18.1 Å². The van der Waals surface area contributed by atoms with E-state index in [1.807, 2.05) is 66.9 Å². The molecule has 6 heteroatoms. The molecule has 0 amide bonds. The van der Waals surface area contributed by atoms with Crippen LogP contribution in [0.3, 0.4) is 0 Å². The van der Waals surface area contributed by atoms with Crippen LogP contribution >= 0.6 is 0 Å². The topological polar surface area (TPSA) is 60.9 Å². The Morgan fingerprint density at radius 2 is 0.952 bits per heavy atom. The molecule has 0 N–H and O–H groups in total. The second-order valence-electron chi connectivity index (χ2n) is 15.8. The van der Waals surface area contributed by atoms with Crippen molar-refractivity contribution in [2.24, 2.45) is 4.99 Å². The molecule has 1 aliphatic heterocycles. The van der Waals surface area contributed by atoms with Crippen molar-refractivity contribution in [2.75, 3.05) is 0 Å². The van der Waals surface area contributed by atoms with E-state index in [9.17, 15) is 0 Å². The maximum absolute atomic E-state index is 5.06. The van der Waals surface area contributed by atoms with E-state index in [4.69, 9.17) is 19.9 Å². The van der Waals surface area contributed by atoms with Crippen molar-refractivity contribution < 1.29 is 0 Å². The number of rotatable bonds is 7. The number of benzene rings is 8. The lowest BCUT2D eigenvalue weighted by molar-refractivity contribution is 0.788. The van der Waals surface area contributed by atoms with E-state index < -0.39 is 0 Å². The van der Waals surface area contributed by atoms with Gasteiger partial charge in [0, 0.05) is 61.7 Å². The first-order valence-corrected chi connectivity index (χ1v) is 21.1. The van der Waals surface area contributed by atoms with Crippen molar-refractivity contribution in [2.45, 2.75) is 12.3 Å². The number of nitrogens with zero attached hydrogens (tertiary/aromatic N) is 6. The van der Waals surface area contributed by atoms with Gasteiger partial charge in [-0.15, -0.1) is 0 Å². The first kappa shape index (κ1) is 35.7. The third kappa shape index (κ3) is 6.03. The average molecular weight is 795 g/mol. The fourth-order valence-electron chi connectivity index (χ4n) is 9.22. The molecular weight excluding hydrogens is 757 g/mol. The van der Waals surface area contributed by atoms with E-state index in [0.717, 1.165) is 50.6 Å². The van der Waals surface area contributed by atoms with Gasteiger partial charge in [-0.25, -0.2) is 15.0 Å². The number of aromatic nitrogens is 5. The maximum atomic E-state index is 5.06. The van der Waals surface area contributed by atoms with Crippen LogP contribution in [-0.2, 0) is 0 Å². The van der Waals surface area contributed by atoms with Gasteiger partial charge < -0.3 is 9.13 Å². The molecule has 1 unspecified atom stereocenters. The zero-order valence-corrected chi connectivity index (χ0v) is 33.7. The summed E-state index contributed by atoms with van der Waals surface area (Å²) in [4.78, 5) is 20.0. The predicted molar refractivity (Wildman–Crippen MR) is 255 cm³/mol. The molecule has 12 rings (SSSR count). The van der Waals surface area contributed by atoms with Gasteiger partial charge in [0.15, 0.2) is 11.6 Å². The Bertz CT molecular complexity index is 3470. The number of aliphatic imine (C=N–C) groups is 1. The van der Waals surface area contributed by atoms with Crippen molar-refractivity contribution in [1.29, 1.82) is 0 Å². The zero-order valence-electron chi connectivity index (χ0n) is 33.7. The third-order valence-electron chi connectivity index (χ3n) is 12.1. The number of para-hydroxylation sites is 3. The molecular formula is C56H38N6. The Hall–Kier alpha value is -8.22. The monoisotopic (exact) mass is 794 g/mol. The van der Waals surface area contributed by atoms with Crippen LogP contribution in [-0.4, -0.2) is 30.3 Å². The van der Waals surface area contributed by atoms with Gasteiger partial charge in [-0.1, -0.05) is 152 Å². The van der Waals surface area contributed by atoms with E-state index in [1.54, 1.807) is 0 Å². The number of allylic oxidation sites excluding steroid dienone is 1. The van der Waals surface area contributed by atoms with Crippen LogP contribution in [0.4, 0.5) is 0 Å². The highest BCUT2D eigenvalue weighted by Crippen LogP contribution is 2.40. The van der Waals surface area contributed by atoms with Gasteiger partial charge in [-0.2, -0.15) is 0 Å². The van der Waals surface area contributed by atoms with Gasteiger partial charge in [-0.05, 0) is 72.2 Å². The molecule has 8 aromatic carbocycles. The fourth-order valence-corrected chi connectivity index (χ4v) is 9.22. The quantitative estimate of drug-likeness (QED) is 0.161. The van der Waals surface area contributed by atoms with Gasteiger partial charge in [0.25, 0.3) is 0 Å².